The van der Waals surface area contributed by atoms with Gasteiger partial charge in [-0.3, -0.25) is 4.79 Å². The van der Waals surface area contributed by atoms with Crippen LogP contribution in [-0.4, -0.2) is 33.8 Å². The highest BCUT2D eigenvalue weighted by atomic mass is 35.5. The zero-order valence-electron chi connectivity index (χ0n) is 15.7. The summed E-state index contributed by atoms with van der Waals surface area (Å²) in [6.45, 7) is 0.213. The van der Waals surface area contributed by atoms with Crippen LogP contribution < -0.4 is 5.73 Å². The van der Waals surface area contributed by atoms with Crippen LogP contribution in [0.4, 0.5) is 14.9 Å². The van der Waals surface area contributed by atoms with Crippen molar-refractivity contribution in [3.8, 4) is 0 Å². The number of ether oxygens (including phenoxy) is 1. The average Bonchev–Trinajstić information content (AvgIpc) is 3.00. The first kappa shape index (κ1) is 19.6. The minimum atomic E-state index is -0.873. The fourth-order valence-electron chi connectivity index (χ4n) is 4.38. The van der Waals surface area contributed by atoms with E-state index >= 15 is 0 Å². The summed E-state index contributed by atoms with van der Waals surface area (Å²) in [6.07, 6.45) is 3.51. The van der Waals surface area contributed by atoms with Gasteiger partial charge < -0.3 is 15.4 Å². The first-order valence-corrected chi connectivity index (χ1v) is 9.96. The maximum atomic E-state index is 13.9. The third kappa shape index (κ3) is 3.79. The largest absolute Gasteiger partial charge is 0.445 e. The standard InChI is InChI=1S/C21H21ClFN3O3/c22-20-17(23)18(24)16(10-25-20)19(27)13-8-14-6-7-15(9-13)26(14)21(28)29-11-12-4-2-1-3-5-12/h1-5,10,13-15H,6-9,11H2,(H2,24,25)/t13?,14-,15+. The average molecular weight is 418 g/mol. The predicted octanol–water partition coefficient (Wildman–Crippen LogP) is 4.22. The molecule has 1 amide bonds. The van der Waals surface area contributed by atoms with E-state index in [0.29, 0.717) is 12.8 Å². The molecule has 0 radical (unpaired) electrons. The Balaban J connectivity index is 1.43. The molecule has 2 bridgehead atoms. The molecule has 152 valence electrons. The highest BCUT2D eigenvalue weighted by Gasteiger charge is 2.46. The molecule has 4 rings (SSSR count). The van der Waals surface area contributed by atoms with Crippen LogP contribution >= 0.6 is 11.6 Å². The van der Waals surface area contributed by atoms with Crippen LogP contribution in [0.15, 0.2) is 36.5 Å². The van der Waals surface area contributed by atoms with E-state index in [0.717, 1.165) is 18.4 Å². The number of pyridine rings is 1. The van der Waals surface area contributed by atoms with E-state index in [1.165, 1.54) is 6.20 Å². The molecule has 6 nitrogen and oxygen atoms in total. The molecule has 1 aromatic carbocycles. The van der Waals surface area contributed by atoms with Crippen LogP contribution in [-0.2, 0) is 11.3 Å². The molecule has 2 aliphatic heterocycles. The van der Waals surface area contributed by atoms with Gasteiger partial charge in [-0.05, 0) is 31.2 Å². The zero-order valence-corrected chi connectivity index (χ0v) is 16.4. The van der Waals surface area contributed by atoms with Gasteiger partial charge >= 0.3 is 6.09 Å². The summed E-state index contributed by atoms with van der Waals surface area (Å²) in [5.41, 5.74) is 6.44. The van der Waals surface area contributed by atoms with E-state index in [4.69, 9.17) is 22.1 Å². The number of nitrogens with zero attached hydrogens (tertiary/aromatic N) is 2. The Kier molecular flexibility index (Phi) is 5.41. The predicted molar refractivity (Wildman–Crippen MR) is 106 cm³/mol. The summed E-state index contributed by atoms with van der Waals surface area (Å²) in [4.78, 5) is 31.0. The fourth-order valence-corrected chi connectivity index (χ4v) is 4.53. The molecule has 3 atom stereocenters. The molecule has 3 heterocycles. The van der Waals surface area contributed by atoms with Gasteiger partial charge in [0.15, 0.2) is 16.8 Å². The summed E-state index contributed by atoms with van der Waals surface area (Å²) >= 11 is 5.63. The van der Waals surface area contributed by atoms with Gasteiger partial charge in [0.25, 0.3) is 0 Å². The number of carbonyl (C=O) groups is 2. The molecule has 2 aromatic rings. The number of piperidine rings is 1. The van der Waals surface area contributed by atoms with Crippen LogP contribution in [0.3, 0.4) is 0 Å². The second-order valence-electron chi connectivity index (χ2n) is 7.56. The van der Waals surface area contributed by atoms with E-state index in [1.807, 2.05) is 30.3 Å². The maximum absolute atomic E-state index is 13.9. The van der Waals surface area contributed by atoms with E-state index in [9.17, 15) is 14.0 Å². The van der Waals surface area contributed by atoms with Gasteiger partial charge in [-0.15, -0.1) is 0 Å². The first-order chi connectivity index (χ1) is 14.0. The number of carbonyl (C=O) groups excluding carboxylic acids is 2. The Morgan fingerprint density at radius 3 is 2.52 bits per heavy atom. The quantitative estimate of drug-likeness (QED) is 0.594. The van der Waals surface area contributed by atoms with E-state index in [-0.39, 0.29) is 52.9 Å². The molecule has 2 N–H and O–H groups in total. The molecule has 2 aliphatic rings. The van der Waals surface area contributed by atoms with Crippen molar-refractivity contribution in [2.24, 2.45) is 5.92 Å². The monoisotopic (exact) mass is 417 g/mol. The fraction of sp³-hybridized carbons (Fsp3) is 0.381. The molecule has 2 saturated heterocycles. The molecule has 8 heteroatoms. The highest BCUT2D eigenvalue weighted by molar-refractivity contribution is 6.30. The van der Waals surface area contributed by atoms with Crippen molar-refractivity contribution in [3.63, 3.8) is 0 Å². The molecule has 1 unspecified atom stereocenters. The van der Waals surface area contributed by atoms with Crippen LogP contribution in [0, 0.1) is 11.7 Å². The topological polar surface area (TPSA) is 85.5 Å². The number of Topliss-reactive ketones (excluding diaryl/α,β-unsaturated/α-hetero) is 1. The molecule has 2 fully saturated rings. The lowest BCUT2D eigenvalue weighted by Gasteiger charge is -2.37. The van der Waals surface area contributed by atoms with Crippen LogP contribution in [0.5, 0.6) is 0 Å². The van der Waals surface area contributed by atoms with Gasteiger partial charge in [0.2, 0.25) is 0 Å². The van der Waals surface area contributed by atoms with Crippen LogP contribution in [0.1, 0.15) is 41.6 Å². The Labute approximate surface area is 172 Å². The number of hydrogen-bond donors (Lipinski definition) is 1. The molecule has 1 aromatic heterocycles. The second kappa shape index (κ2) is 7.99. The van der Waals surface area contributed by atoms with Crippen molar-refractivity contribution in [3.05, 3.63) is 58.6 Å². The van der Waals surface area contributed by atoms with Gasteiger partial charge in [-0.25, -0.2) is 14.2 Å². The van der Waals surface area contributed by atoms with Crippen molar-refractivity contribution in [1.29, 1.82) is 0 Å². The lowest BCUT2D eigenvalue weighted by molar-refractivity contribution is 0.0485. The molecule has 0 saturated carbocycles. The van der Waals surface area contributed by atoms with Gasteiger partial charge in [-0.2, -0.15) is 0 Å². The number of halogens is 2. The first-order valence-electron chi connectivity index (χ1n) is 9.58. The van der Waals surface area contributed by atoms with Gasteiger partial charge in [0.1, 0.15) is 6.61 Å². The van der Waals surface area contributed by atoms with Gasteiger partial charge in [0, 0.05) is 24.2 Å². The smallest absolute Gasteiger partial charge is 0.410 e. The van der Waals surface area contributed by atoms with Gasteiger partial charge in [-0.1, -0.05) is 41.9 Å². The third-order valence-corrected chi connectivity index (χ3v) is 6.06. The summed E-state index contributed by atoms with van der Waals surface area (Å²) in [6, 6.07) is 9.35. The van der Waals surface area contributed by atoms with Gasteiger partial charge in [0.05, 0.1) is 11.3 Å². The summed E-state index contributed by atoms with van der Waals surface area (Å²) < 4.78 is 19.4. The molecular formula is C21H21ClFN3O3. The van der Waals surface area contributed by atoms with Crippen molar-refractivity contribution >= 4 is 29.2 Å². The van der Waals surface area contributed by atoms with Crippen molar-refractivity contribution in [2.75, 3.05) is 5.73 Å². The normalized spacial score (nSPS) is 23.1. The number of fused-ring (bicyclic) bond motifs is 2. The van der Waals surface area contributed by atoms with Crippen LogP contribution in [0.25, 0.3) is 0 Å². The second-order valence-corrected chi connectivity index (χ2v) is 7.91. The number of aromatic nitrogens is 1. The Hall–Kier alpha value is -2.67. The molecule has 29 heavy (non-hydrogen) atoms. The zero-order chi connectivity index (χ0) is 20.5. The Morgan fingerprint density at radius 1 is 1.21 bits per heavy atom. The third-order valence-electron chi connectivity index (χ3n) is 5.80. The highest BCUT2D eigenvalue weighted by Crippen LogP contribution is 2.41. The number of ketones is 1. The Bertz CT molecular complexity index is 926. The van der Waals surface area contributed by atoms with E-state index < -0.39 is 5.82 Å². The number of anilines is 1. The summed E-state index contributed by atoms with van der Waals surface area (Å²) in [5, 5.41) is -0.352. The summed E-state index contributed by atoms with van der Waals surface area (Å²) in [5.74, 6) is -1.46. The van der Waals surface area contributed by atoms with Crippen molar-refractivity contribution in [2.45, 2.75) is 44.4 Å². The number of rotatable bonds is 4. The van der Waals surface area contributed by atoms with Crippen LogP contribution in [0.2, 0.25) is 5.15 Å². The Morgan fingerprint density at radius 2 is 1.86 bits per heavy atom. The molecule has 0 spiro atoms. The molecule has 0 aliphatic carbocycles. The van der Waals surface area contributed by atoms with Crippen molar-refractivity contribution < 1.29 is 18.7 Å². The summed E-state index contributed by atoms with van der Waals surface area (Å²) in [7, 11) is 0. The minimum absolute atomic E-state index is 0.0522. The molecular weight excluding hydrogens is 397 g/mol. The van der Waals surface area contributed by atoms with E-state index in [2.05, 4.69) is 4.98 Å². The number of amides is 1. The lowest BCUT2D eigenvalue weighted by atomic mass is 9.85. The number of nitrogens with two attached hydrogens (primary N) is 1. The number of benzene rings is 1. The minimum Gasteiger partial charge on any atom is -0.445 e. The lowest BCUT2D eigenvalue weighted by Crippen LogP contribution is -2.48. The van der Waals surface area contributed by atoms with E-state index in [1.54, 1.807) is 4.90 Å². The van der Waals surface area contributed by atoms with Crippen molar-refractivity contribution in [1.82, 2.24) is 9.88 Å². The number of hydrogen-bond acceptors (Lipinski definition) is 5. The number of nitrogen functional groups attached to an aromatic ring is 1. The maximum Gasteiger partial charge on any atom is 0.410 e. The SMILES string of the molecule is Nc1c(C(=O)C2C[C@H]3CC[C@@H](C2)N3C(=O)OCc2ccccc2)cnc(Cl)c1F.